The van der Waals surface area contributed by atoms with Crippen molar-refractivity contribution in [2.24, 2.45) is 22.2 Å². The van der Waals surface area contributed by atoms with Gasteiger partial charge in [-0.05, 0) is 6.92 Å². The fourth-order valence-electron chi connectivity index (χ4n) is 0.459. The Labute approximate surface area is 70.4 Å². The summed E-state index contributed by atoms with van der Waals surface area (Å²) in [5, 5.41) is 8.59. The predicted octanol–water partition coefficient (Wildman–Crippen LogP) is -1.90. The summed E-state index contributed by atoms with van der Waals surface area (Å²) in [6.45, 7) is 1.88. The van der Waals surface area contributed by atoms with Crippen LogP contribution in [0.2, 0.25) is 0 Å². The highest BCUT2D eigenvalue weighted by Gasteiger charge is 2.32. The van der Waals surface area contributed by atoms with Crippen molar-refractivity contribution in [1.29, 1.82) is 0 Å². The van der Waals surface area contributed by atoms with E-state index in [1.165, 1.54) is 6.92 Å². The van der Waals surface area contributed by atoms with Crippen LogP contribution in [-0.4, -0.2) is 35.5 Å². The molecular weight excluding hydrogens is 160 g/mol. The lowest BCUT2D eigenvalue weighted by Crippen LogP contribution is -2.55. The van der Waals surface area contributed by atoms with Gasteiger partial charge >= 0.3 is 5.97 Å². The third-order valence-electron chi connectivity index (χ3n) is 1.39. The van der Waals surface area contributed by atoms with Crippen molar-refractivity contribution < 1.29 is 9.90 Å². The van der Waals surface area contributed by atoms with Crippen LogP contribution in [0.15, 0.2) is 4.99 Å². The average molecular weight is 174 g/mol. The number of amidine groups is 1. The summed E-state index contributed by atoms with van der Waals surface area (Å²) in [5.74, 6) is -1.32. The fourth-order valence-corrected chi connectivity index (χ4v) is 0.459. The number of hydrogen-bond acceptors (Lipinski definition) is 4. The molecule has 0 aliphatic carbocycles. The van der Waals surface area contributed by atoms with Gasteiger partial charge in [-0.25, -0.2) is 4.79 Å². The molecule has 0 aliphatic rings. The largest absolute Gasteiger partial charge is 0.480 e. The Hall–Kier alpha value is -1.14. The van der Waals surface area contributed by atoms with E-state index >= 15 is 0 Å². The summed E-state index contributed by atoms with van der Waals surface area (Å²) in [4.78, 5) is 14.2. The van der Waals surface area contributed by atoms with Crippen molar-refractivity contribution in [3.8, 4) is 0 Å². The maximum Gasteiger partial charge on any atom is 0.331 e. The lowest BCUT2D eigenvalue weighted by Gasteiger charge is -2.17. The van der Waals surface area contributed by atoms with Crippen LogP contribution in [-0.2, 0) is 4.79 Å². The van der Waals surface area contributed by atoms with Crippen LogP contribution >= 0.6 is 0 Å². The van der Waals surface area contributed by atoms with Crippen molar-refractivity contribution in [3.05, 3.63) is 0 Å². The summed E-state index contributed by atoms with van der Waals surface area (Å²) >= 11 is 0. The molecule has 0 saturated carbocycles. The molecule has 0 saturated heterocycles. The lowest BCUT2D eigenvalue weighted by atomic mass is 10.0. The summed E-state index contributed by atoms with van der Waals surface area (Å²) in [5.41, 5.74) is 14.2. The van der Waals surface area contributed by atoms with Crippen molar-refractivity contribution in [3.63, 3.8) is 0 Å². The van der Waals surface area contributed by atoms with E-state index < -0.39 is 11.5 Å². The molecule has 12 heavy (non-hydrogen) atoms. The first-order valence-electron chi connectivity index (χ1n) is 3.45. The molecular formula is C6H14N4O2. The molecule has 0 aromatic carbocycles. The zero-order chi connectivity index (χ0) is 9.78. The molecule has 0 aromatic rings. The maximum atomic E-state index is 10.5. The molecule has 1 unspecified atom stereocenters. The van der Waals surface area contributed by atoms with E-state index in [1.807, 2.05) is 0 Å². The summed E-state index contributed by atoms with van der Waals surface area (Å²) in [6.07, 6.45) is 0. The van der Waals surface area contributed by atoms with Crippen molar-refractivity contribution in [2.75, 3.05) is 13.1 Å². The molecule has 1 atom stereocenters. The molecule has 0 fully saturated rings. The summed E-state index contributed by atoms with van der Waals surface area (Å²) < 4.78 is 0. The first-order chi connectivity index (χ1) is 5.42. The van der Waals surface area contributed by atoms with E-state index in [0.717, 1.165) is 0 Å². The molecule has 0 aliphatic heterocycles. The van der Waals surface area contributed by atoms with E-state index in [0.29, 0.717) is 6.54 Å². The number of hydrogen-bond donors (Lipinski definition) is 4. The van der Waals surface area contributed by atoms with Gasteiger partial charge in [0.15, 0.2) is 5.54 Å². The van der Waals surface area contributed by atoms with Crippen LogP contribution < -0.4 is 17.2 Å². The van der Waals surface area contributed by atoms with E-state index in [9.17, 15) is 4.79 Å². The Morgan fingerprint density at radius 2 is 2.17 bits per heavy atom. The fraction of sp³-hybridized carbons (Fsp3) is 0.667. The Balaban J connectivity index is 4.44. The Kier molecular flexibility index (Phi) is 3.65. The normalized spacial score (nSPS) is 17.1. The minimum atomic E-state index is -1.60. The van der Waals surface area contributed by atoms with Gasteiger partial charge in [0.25, 0.3) is 0 Å². The van der Waals surface area contributed by atoms with Gasteiger partial charge < -0.3 is 22.3 Å². The monoisotopic (exact) mass is 174 g/mol. The van der Waals surface area contributed by atoms with Crippen LogP contribution in [0.5, 0.6) is 0 Å². The standard InChI is InChI=1S/C6H14N4O2/c1-6(9,5(11)12)4(8)10-3-2-7/h2-3,7,9H2,1H3,(H2,8,10)(H,11,12). The molecule has 70 valence electrons. The SMILES string of the molecule is CC(N)(C(=O)O)C(N)=NCCN. The number of carbonyl (C=O) groups is 1. The first kappa shape index (κ1) is 10.9. The molecule has 6 heteroatoms. The number of rotatable bonds is 4. The van der Waals surface area contributed by atoms with Gasteiger partial charge in [-0.2, -0.15) is 0 Å². The number of aliphatic imine (C=N–C) groups is 1. The average Bonchev–Trinajstić information content (AvgIpc) is 1.99. The molecule has 0 amide bonds. The topological polar surface area (TPSA) is 128 Å². The number of carboxylic acid groups (broad SMARTS) is 1. The van der Waals surface area contributed by atoms with Crippen molar-refractivity contribution in [2.45, 2.75) is 12.5 Å². The number of nitrogens with zero attached hydrogens (tertiary/aromatic N) is 1. The summed E-state index contributed by atoms with van der Waals surface area (Å²) in [6, 6.07) is 0. The highest BCUT2D eigenvalue weighted by Crippen LogP contribution is 1.98. The smallest absolute Gasteiger partial charge is 0.331 e. The molecule has 7 N–H and O–H groups in total. The second-order valence-electron chi connectivity index (χ2n) is 2.56. The van der Waals surface area contributed by atoms with Gasteiger partial charge in [0.05, 0.1) is 6.54 Å². The predicted molar refractivity (Wildman–Crippen MR) is 45.8 cm³/mol. The van der Waals surface area contributed by atoms with Crippen LogP contribution in [0.1, 0.15) is 6.92 Å². The van der Waals surface area contributed by atoms with Crippen molar-refractivity contribution in [1.82, 2.24) is 0 Å². The minimum absolute atomic E-state index is 0.111. The van der Waals surface area contributed by atoms with E-state index in [1.54, 1.807) is 0 Å². The van der Waals surface area contributed by atoms with Gasteiger partial charge in [0.1, 0.15) is 5.84 Å². The number of aliphatic carboxylic acids is 1. The van der Waals surface area contributed by atoms with Gasteiger partial charge in [-0.3, -0.25) is 4.99 Å². The second kappa shape index (κ2) is 4.03. The van der Waals surface area contributed by atoms with Crippen LogP contribution in [0, 0.1) is 0 Å². The maximum absolute atomic E-state index is 10.5. The highest BCUT2D eigenvalue weighted by atomic mass is 16.4. The van der Waals surface area contributed by atoms with Gasteiger partial charge in [0.2, 0.25) is 0 Å². The zero-order valence-corrected chi connectivity index (χ0v) is 6.95. The Morgan fingerprint density at radius 1 is 1.67 bits per heavy atom. The first-order valence-corrected chi connectivity index (χ1v) is 3.45. The van der Waals surface area contributed by atoms with E-state index in [2.05, 4.69) is 4.99 Å². The minimum Gasteiger partial charge on any atom is -0.480 e. The van der Waals surface area contributed by atoms with Gasteiger partial charge in [0, 0.05) is 6.54 Å². The molecule has 0 aromatic heterocycles. The quantitative estimate of drug-likeness (QED) is 0.292. The van der Waals surface area contributed by atoms with Crippen LogP contribution in [0.25, 0.3) is 0 Å². The van der Waals surface area contributed by atoms with Crippen molar-refractivity contribution >= 4 is 11.8 Å². The summed E-state index contributed by atoms with van der Waals surface area (Å²) in [7, 11) is 0. The van der Waals surface area contributed by atoms with Gasteiger partial charge in [-0.15, -0.1) is 0 Å². The Morgan fingerprint density at radius 3 is 2.50 bits per heavy atom. The third-order valence-corrected chi connectivity index (χ3v) is 1.39. The van der Waals surface area contributed by atoms with E-state index in [-0.39, 0.29) is 12.4 Å². The number of nitrogens with two attached hydrogens (primary N) is 3. The van der Waals surface area contributed by atoms with Gasteiger partial charge in [-0.1, -0.05) is 0 Å². The molecule has 6 nitrogen and oxygen atoms in total. The van der Waals surface area contributed by atoms with E-state index in [4.69, 9.17) is 22.3 Å². The number of carboxylic acids is 1. The molecule has 0 radical (unpaired) electrons. The molecule has 0 heterocycles. The zero-order valence-electron chi connectivity index (χ0n) is 6.95. The van der Waals surface area contributed by atoms with Crippen LogP contribution in [0.4, 0.5) is 0 Å². The van der Waals surface area contributed by atoms with Crippen LogP contribution in [0.3, 0.4) is 0 Å². The Bertz CT molecular complexity index is 200. The second-order valence-corrected chi connectivity index (χ2v) is 2.56. The molecule has 0 spiro atoms. The molecule has 0 rings (SSSR count). The highest BCUT2D eigenvalue weighted by molar-refractivity contribution is 6.07. The molecule has 0 bridgehead atoms. The lowest BCUT2D eigenvalue weighted by molar-refractivity contribution is -0.140. The third kappa shape index (κ3) is 2.48.